The SMILES string of the molecule is C#CCOCCOCCOCCOCCOCCOCCOCCCCCC. The Labute approximate surface area is 171 Å². The highest BCUT2D eigenvalue weighted by atomic mass is 16.6. The van der Waals surface area contributed by atoms with Crippen molar-refractivity contribution in [3.05, 3.63) is 0 Å². The van der Waals surface area contributed by atoms with E-state index < -0.39 is 0 Å². The number of rotatable bonds is 24. The molecule has 0 N–H and O–H groups in total. The van der Waals surface area contributed by atoms with E-state index in [0.717, 1.165) is 13.0 Å². The lowest BCUT2D eigenvalue weighted by atomic mass is 10.2. The second-order valence-corrected chi connectivity index (χ2v) is 5.99. The summed E-state index contributed by atoms with van der Waals surface area (Å²) in [6.07, 6.45) is 9.98. The van der Waals surface area contributed by atoms with Crippen LogP contribution in [0.15, 0.2) is 0 Å². The molecule has 0 unspecified atom stereocenters. The van der Waals surface area contributed by atoms with Crippen molar-refractivity contribution in [2.75, 3.05) is 92.5 Å². The molecule has 0 aromatic heterocycles. The van der Waals surface area contributed by atoms with Crippen LogP contribution in [0.25, 0.3) is 0 Å². The maximum Gasteiger partial charge on any atom is 0.107 e. The topological polar surface area (TPSA) is 64.6 Å². The summed E-state index contributed by atoms with van der Waals surface area (Å²) in [6, 6.07) is 0. The highest BCUT2D eigenvalue weighted by Gasteiger charge is 1.94. The Kier molecular flexibility index (Phi) is 25.6. The summed E-state index contributed by atoms with van der Waals surface area (Å²) in [6.45, 7) is 10.1. The van der Waals surface area contributed by atoms with Crippen LogP contribution in [0.2, 0.25) is 0 Å². The lowest BCUT2D eigenvalue weighted by Gasteiger charge is -2.08. The molecule has 0 aromatic carbocycles. The van der Waals surface area contributed by atoms with Crippen molar-refractivity contribution < 1.29 is 33.2 Å². The lowest BCUT2D eigenvalue weighted by molar-refractivity contribution is -0.0197. The van der Waals surface area contributed by atoms with Crippen LogP contribution in [0, 0.1) is 12.3 Å². The molecule has 0 atom stereocenters. The normalized spacial score (nSPS) is 11.0. The molecule has 0 aromatic rings. The van der Waals surface area contributed by atoms with Crippen LogP contribution in [-0.4, -0.2) is 92.5 Å². The zero-order chi connectivity index (χ0) is 20.4. The predicted molar refractivity (Wildman–Crippen MR) is 109 cm³/mol. The Balaban J connectivity index is 2.97. The average Bonchev–Trinajstić information content (AvgIpc) is 2.71. The summed E-state index contributed by atoms with van der Waals surface area (Å²) in [5.74, 6) is 2.40. The summed E-state index contributed by atoms with van der Waals surface area (Å²) < 4.78 is 37.6. The monoisotopic (exact) mass is 404 g/mol. The fourth-order valence-electron chi connectivity index (χ4n) is 2.08. The molecule has 0 bridgehead atoms. The third-order valence-corrected chi connectivity index (χ3v) is 3.56. The maximum atomic E-state index is 5.50. The fraction of sp³-hybridized carbons (Fsp3) is 0.905. The third kappa shape index (κ3) is 25.3. The number of ether oxygens (including phenoxy) is 7. The minimum Gasteiger partial charge on any atom is -0.379 e. The molecule has 7 heteroatoms. The van der Waals surface area contributed by atoms with Crippen molar-refractivity contribution in [2.24, 2.45) is 0 Å². The van der Waals surface area contributed by atoms with E-state index in [4.69, 9.17) is 39.6 Å². The average molecular weight is 405 g/mol. The van der Waals surface area contributed by atoms with E-state index in [1.165, 1.54) is 19.3 Å². The summed E-state index contributed by atoms with van der Waals surface area (Å²) in [4.78, 5) is 0. The first kappa shape index (κ1) is 27.3. The molecule has 0 rings (SSSR count). The van der Waals surface area contributed by atoms with Crippen LogP contribution >= 0.6 is 0 Å². The Morgan fingerprint density at radius 1 is 0.464 bits per heavy atom. The minimum absolute atomic E-state index is 0.322. The molecule has 7 nitrogen and oxygen atoms in total. The molecule has 0 aliphatic heterocycles. The van der Waals surface area contributed by atoms with Gasteiger partial charge < -0.3 is 33.2 Å². The van der Waals surface area contributed by atoms with Gasteiger partial charge in [-0.3, -0.25) is 0 Å². The first-order valence-electron chi connectivity index (χ1n) is 10.4. The van der Waals surface area contributed by atoms with E-state index in [-0.39, 0.29) is 0 Å². The van der Waals surface area contributed by atoms with Gasteiger partial charge in [0, 0.05) is 6.61 Å². The van der Waals surface area contributed by atoms with Crippen LogP contribution in [0.5, 0.6) is 0 Å². The van der Waals surface area contributed by atoms with Crippen molar-refractivity contribution in [1.29, 1.82) is 0 Å². The summed E-state index contributed by atoms with van der Waals surface area (Å²) in [7, 11) is 0. The van der Waals surface area contributed by atoms with Gasteiger partial charge in [0.1, 0.15) is 6.61 Å². The molecule has 0 radical (unpaired) electrons. The lowest BCUT2D eigenvalue weighted by Crippen LogP contribution is -2.14. The first-order chi connectivity index (χ1) is 13.9. The molecule has 0 aliphatic rings. The molecular formula is C21H40O7. The predicted octanol–water partition coefficient (Wildman–Crippen LogP) is 2.32. The van der Waals surface area contributed by atoms with Crippen LogP contribution in [0.4, 0.5) is 0 Å². The zero-order valence-electron chi connectivity index (χ0n) is 17.7. The van der Waals surface area contributed by atoms with Gasteiger partial charge in [0.25, 0.3) is 0 Å². The van der Waals surface area contributed by atoms with Gasteiger partial charge in [0.15, 0.2) is 0 Å². The van der Waals surface area contributed by atoms with Crippen LogP contribution in [0.1, 0.15) is 32.6 Å². The number of hydrogen-bond acceptors (Lipinski definition) is 7. The summed E-state index contributed by atoms with van der Waals surface area (Å²) in [5, 5.41) is 0. The van der Waals surface area contributed by atoms with Crippen molar-refractivity contribution >= 4 is 0 Å². The quantitative estimate of drug-likeness (QED) is 0.181. The largest absolute Gasteiger partial charge is 0.379 e. The second kappa shape index (κ2) is 26.3. The van der Waals surface area contributed by atoms with Gasteiger partial charge in [0.05, 0.1) is 79.3 Å². The van der Waals surface area contributed by atoms with Gasteiger partial charge in [-0.25, -0.2) is 0 Å². The van der Waals surface area contributed by atoms with Gasteiger partial charge in [-0.1, -0.05) is 32.1 Å². The van der Waals surface area contributed by atoms with Crippen LogP contribution < -0.4 is 0 Å². The minimum atomic E-state index is 0.322. The van der Waals surface area contributed by atoms with E-state index in [0.29, 0.717) is 85.9 Å². The molecule has 0 fully saturated rings. The maximum absolute atomic E-state index is 5.50. The van der Waals surface area contributed by atoms with Crippen LogP contribution in [0.3, 0.4) is 0 Å². The van der Waals surface area contributed by atoms with Gasteiger partial charge in [0.2, 0.25) is 0 Å². The molecular weight excluding hydrogens is 364 g/mol. The number of hydrogen-bond donors (Lipinski definition) is 0. The Bertz CT molecular complexity index is 320. The number of unbranched alkanes of at least 4 members (excludes halogenated alkanes) is 3. The molecule has 28 heavy (non-hydrogen) atoms. The van der Waals surface area contributed by atoms with Gasteiger partial charge in [-0.2, -0.15) is 0 Å². The Morgan fingerprint density at radius 3 is 1.18 bits per heavy atom. The Morgan fingerprint density at radius 2 is 0.821 bits per heavy atom. The molecule has 0 aliphatic carbocycles. The van der Waals surface area contributed by atoms with Crippen molar-refractivity contribution in [1.82, 2.24) is 0 Å². The van der Waals surface area contributed by atoms with E-state index >= 15 is 0 Å². The smallest absolute Gasteiger partial charge is 0.107 e. The van der Waals surface area contributed by atoms with E-state index in [1.807, 2.05) is 0 Å². The highest BCUT2D eigenvalue weighted by Crippen LogP contribution is 1.98. The molecule has 0 amide bonds. The van der Waals surface area contributed by atoms with Gasteiger partial charge in [-0.05, 0) is 6.42 Å². The first-order valence-corrected chi connectivity index (χ1v) is 10.4. The van der Waals surface area contributed by atoms with Crippen molar-refractivity contribution in [3.8, 4) is 12.3 Å². The van der Waals surface area contributed by atoms with E-state index in [9.17, 15) is 0 Å². The fourth-order valence-corrected chi connectivity index (χ4v) is 2.08. The standard InChI is InChI=1S/C21H40O7/c1-3-5-6-7-9-23-11-13-25-15-17-27-19-21-28-20-18-26-16-14-24-12-10-22-8-4-2/h2H,3,5-21H2,1H3. The molecule has 0 saturated heterocycles. The van der Waals surface area contributed by atoms with Crippen molar-refractivity contribution in [3.63, 3.8) is 0 Å². The molecule has 0 heterocycles. The molecule has 0 saturated carbocycles. The van der Waals surface area contributed by atoms with E-state index in [2.05, 4.69) is 12.8 Å². The second-order valence-electron chi connectivity index (χ2n) is 5.99. The highest BCUT2D eigenvalue weighted by molar-refractivity contribution is 4.82. The van der Waals surface area contributed by atoms with Gasteiger partial charge in [-0.15, -0.1) is 6.42 Å². The summed E-state index contributed by atoms with van der Waals surface area (Å²) in [5.41, 5.74) is 0. The van der Waals surface area contributed by atoms with Gasteiger partial charge >= 0.3 is 0 Å². The third-order valence-electron chi connectivity index (χ3n) is 3.56. The Hall–Kier alpha value is -0.720. The number of terminal acetylenes is 1. The zero-order valence-corrected chi connectivity index (χ0v) is 17.7. The van der Waals surface area contributed by atoms with E-state index in [1.54, 1.807) is 0 Å². The summed E-state index contributed by atoms with van der Waals surface area (Å²) >= 11 is 0. The van der Waals surface area contributed by atoms with Crippen molar-refractivity contribution in [2.45, 2.75) is 32.6 Å². The molecule has 0 spiro atoms. The van der Waals surface area contributed by atoms with Crippen LogP contribution in [-0.2, 0) is 33.2 Å². The molecule has 166 valence electrons.